The summed E-state index contributed by atoms with van der Waals surface area (Å²) >= 11 is 1.92. The molecule has 1 saturated carbocycles. The highest BCUT2D eigenvalue weighted by Gasteiger charge is 2.23. The topological polar surface area (TPSA) is 42.4 Å². The van der Waals surface area contributed by atoms with Gasteiger partial charge in [0.2, 0.25) is 5.88 Å². The van der Waals surface area contributed by atoms with Gasteiger partial charge in [-0.1, -0.05) is 19.3 Å². The molecule has 1 unspecified atom stereocenters. The van der Waals surface area contributed by atoms with Crippen LogP contribution >= 0.6 is 11.8 Å². The molecule has 120 valence electrons. The quantitative estimate of drug-likeness (QED) is 0.853. The maximum Gasteiger partial charge on any atom is 0.255 e. The molecule has 1 saturated heterocycles. The predicted octanol–water partition coefficient (Wildman–Crippen LogP) is 3.37. The first-order chi connectivity index (χ1) is 10.7. The predicted molar refractivity (Wildman–Crippen MR) is 89.6 cm³/mol. The third-order valence-corrected chi connectivity index (χ3v) is 5.73. The van der Waals surface area contributed by atoms with E-state index in [0.29, 0.717) is 17.5 Å². The Kier molecular flexibility index (Phi) is 5.24. The second-order valence-electron chi connectivity index (χ2n) is 6.20. The van der Waals surface area contributed by atoms with Crippen LogP contribution in [-0.2, 0) is 0 Å². The Labute approximate surface area is 136 Å². The molecule has 2 fully saturated rings. The van der Waals surface area contributed by atoms with E-state index in [0.717, 1.165) is 30.8 Å². The molecule has 2 aliphatic rings. The number of hydrogen-bond acceptors (Lipinski definition) is 4. The summed E-state index contributed by atoms with van der Waals surface area (Å²) in [5.74, 6) is 2.90. The van der Waals surface area contributed by atoms with Crippen LogP contribution in [0.3, 0.4) is 0 Å². The third kappa shape index (κ3) is 3.75. The number of carbonyl (C=O) groups is 1. The normalized spacial score (nSPS) is 22.5. The lowest BCUT2D eigenvalue weighted by atomic mass is 9.94. The van der Waals surface area contributed by atoms with Crippen molar-refractivity contribution in [1.29, 1.82) is 0 Å². The van der Waals surface area contributed by atoms with Crippen LogP contribution < -0.4 is 4.74 Å². The van der Waals surface area contributed by atoms with Crippen LogP contribution in [0, 0.1) is 0 Å². The molecule has 1 aliphatic carbocycles. The van der Waals surface area contributed by atoms with E-state index in [2.05, 4.69) is 4.98 Å². The number of thioether (sulfide) groups is 1. The number of pyridine rings is 1. The van der Waals surface area contributed by atoms with Crippen LogP contribution in [-0.4, -0.2) is 46.5 Å². The number of ether oxygens (including phenoxy) is 1. The first-order valence-electron chi connectivity index (χ1n) is 8.21. The second kappa shape index (κ2) is 7.36. The maximum absolute atomic E-state index is 12.5. The standard InChI is InChI=1S/C17H24N2O2S/c1-19(14-5-3-2-4-6-14)17(20)13-7-8-16(18-11-13)21-15-9-10-22-12-15/h7-8,11,14-15H,2-6,9-10,12H2,1H3. The Hall–Kier alpha value is -1.23. The summed E-state index contributed by atoms with van der Waals surface area (Å²) < 4.78 is 5.83. The van der Waals surface area contributed by atoms with Gasteiger partial charge in [-0.15, -0.1) is 0 Å². The Morgan fingerprint density at radius 1 is 1.27 bits per heavy atom. The highest BCUT2D eigenvalue weighted by molar-refractivity contribution is 7.99. The van der Waals surface area contributed by atoms with Gasteiger partial charge >= 0.3 is 0 Å². The molecule has 0 N–H and O–H groups in total. The molecule has 1 aromatic rings. The van der Waals surface area contributed by atoms with Crippen LogP contribution in [0.15, 0.2) is 18.3 Å². The van der Waals surface area contributed by atoms with E-state index in [1.807, 2.05) is 35.8 Å². The van der Waals surface area contributed by atoms with Gasteiger partial charge in [0, 0.05) is 31.1 Å². The zero-order valence-electron chi connectivity index (χ0n) is 13.2. The van der Waals surface area contributed by atoms with E-state index in [1.165, 1.54) is 19.3 Å². The van der Waals surface area contributed by atoms with E-state index in [4.69, 9.17) is 4.74 Å². The zero-order valence-corrected chi connectivity index (χ0v) is 14.0. The van der Waals surface area contributed by atoms with Crippen molar-refractivity contribution in [3.05, 3.63) is 23.9 Å². The number of carbonyl (C=O) groups excluding carboxylic acids is 1. The summed E-state index contributed by atoms with van der Waals surface area (Å²) in [6.07, 6.45) is 9.00. The minimum absolute atomic E-state index is 0.0716. The highest BCUT2D eigenvalue weighted by atomic mass is 32.2. The van der Waals surface area contributed by atoms with Crippen LogP contribution in [0.2, 0.25) is 0 Å². The van der Waals surface area contributed by atoms with E-state index in [-0.39, 0.29) is 12.0 Å². The molecule has 0 aromatic carbocycles. The lowest BCUT2D eigenvalue weighted by Crippen LogP contribution is -2.38. The van der Waals surface area contributed by atoms with Crippen molar-refractivity contribution < 1.29 is 9.53 Å². The van der Waals surface area contributed by atoms with Gasteiger partial charge < -0.3 is 9.64 Å². The fourth-order valence-electron chi connectivity index (χ4n) is 3.19. The number of amides is 1. The molecule has 0 bridgehead atoms. The van der Waals surface area contributed by atoms with Gasteiger partial charge in [0.05, 0.1) is 5.56 Å². The van der Waals surface area contributed by atoms with Crippen LogP contribution in [0.25, 0.3) is 0 Å². The van der Waals surface area contributed by atoms with Gasteiger partial charge in [0.1, 0.15) is 6.10 Å². The van der Waals surface area contributed by atoms with Gasteiger partial charge in [-0.05, 0) is 31.1 Å². The van der Waals surface area contributed by atoms with Gasteiger partial charge in [-0.2, -0.15) is 11.8 Å². The Morgan fingerprint density at radius 2 is 2.09 bits per heavy atom. The summed E-state index contributed by atoms with van der Waals surface area (Å²) in [7, 11) is 1.92. The Bertz CT molecular complexity index is 494. The third-order valence-electron chi connectivity index (χ3n) is 4.60. The van der Waals surface area contributed by atoms with Gasteiger partial charge in [0.15, 0.2) is 0 Å². The molecule has 4 nitrogen and oxygen atoms in total. The maximum atomic E-state index is 12.5. The van der Waals surface area contributed by atoms with Crippen molar-refractivity contribution in [3.63, 3.8) is 0 Å². The number of nitrogens with zero attached hydrogens (tertiary/aromatic N) is 2. The van der Waals surface area contributed by atoms with Crippen LogP contribution in [0.5, 0.6) is 5.88 Å². The average Bonchev–Trinajstić information content (AvgIpc) is 3.08. The molecular weight excluding hydrogens is 296 g/mol. The monoisotopic (exact) mass is 320 g/mol. The zero-order chi connectivity index (χ0) is 15.4. The summed E-state index contributed by atoms with van der Waals surface area (Å²) in [5.41, 5.74) is 0.654. The first kappa shape index (κ1) is 15.7. The number of rotatable bonds is 4. The molecule has 1 amide bonds. The summed E-state index contributed by atoms with van der Waals surface area (Å²) in [4.78, 5) is 18.7. The molecule has 0 radical (unpaired) electrons. The second-order valence-corrected chi connectivity index (χ2v) is 7.35. The molecular formula is C17H24N2O2S. The lowest BCUT2D eigenvalue weighted by Gasteiger charge is -2.31. The van der Waals surface area contributed by atoms with E-state index < -0.39 is 0 Å². The molecule has 22 heavy (non-hydrogen) atoms. The van der Waals surface area contributed by atoms with Crippen molar-refractivity contribution in [2.45, 2.75) is 50.7 Å². The minimum atomic E-state index is 0.0716. The lowest BCUT2D eigenvalue weighted by molar-refractivity contribution is 0.0695. The minimum Gasteiger partial charge on any atom is -0.473 e. The SMILES string of the molecule is CN(C(=O)c1ccc(OC2CCSC2)nc1)C1CCCCC1. The largest absolute Gasteiger partial charge is 0.473 e. The molecule has 5 heteroatoms. The Balaban J connectivity index is 1.59. The summed E-state index contributed by atoms with van der Waals surface area (Å²) in [6.45, 7) is 0. The summed E-state index contributed by atoms with van der Waals surface area (Å²) in [5, 5.41) is 0. The van der Waals surface area contributed by atoms with Gasteiger partial charge in [-0.3, -0.25) is 4.79 Å². The van der Waals surface area contributed by atoms with Crippen molar-refractivity contribution in [2.75, 3.05) is 18.6 Å². The highest BCUT2D eigenvalue weighted by Crippen LogP contribution is 2.24. The molecule has 1 aromatic heterocycles. The Morgan fingerprint density at radius 3 is 2.73 bits per heavy atom. The fraction of sp³-hybridized carbons (Fsp3) is 0.647. The number of aromatic nitrogens is 1. The smallest absolute Gasteiger partial charge is 0.255 e. The summed E-state index contributed by atoms with van der Waals surface area (Å²) in [6, 6.07) is 4.05. The first-order valence-corrected chi connectivity index (χ1v) is 9.37. The van der Waals surface area contributed by atoms with Gasteiger partial charge in [-0.25, -0.2) is 4.98 Å². The van der Waals surface area contributed by atoms with E-state index >= 15 is 0 Å². The van der Waals surface area contributed by atoms with E-state index in [1.54, 1.807) is 6.20 Å². The van der Waals surface area contributed by atoms with Crippen LogP contribution in [0.4, 0.5) is 0 Å². The van der Waals surface area contributed by atoms with Crippen LogP contribution in [0.1, 0.15) is 48.9 Å². The average molecular weight is 320 g/mol. The molecule has 1 atom stereocenters. The van der Waals surface area contributed by atoms with E-state index in [9.17, 15) is 4.79 Å². The van der Waals surface area contributed by atoms with Crippen molar-refractivity contribution in [1.82, 2.24) is 9.88 Å². The molecule has 1 aliphatic heterocycles. The fourth-order valence-corrected chi connectivity index (χ4v) is 4.28. The number of hydrogen-bond donors (Lipinski definition) is 0. The van der Waals surface area contributed by atoms with Crippen molar-refractivity contribution in [2.24, 2.45) is 0 Å². The van der Waals surface area contributed by atoms with Gasteiger partial charge in [0.25, 0.3) is 5.91 Å². The van der Waals surface area contributed by atoms with Crippen molar-refractivity contribution in [3.8, 4) is 5.88 Å². The molecule has 2 heterocycles. The van der Waals surface area contributed by atoms with Crippen molar-refractivity contribution >= 4 is 17.7 Å². The molecule has 0 spiro atoms. The molecule has 3 rings (SSSR count).